The number of nitrogens with one attached hydrogen (secondary N) is 2. The van der Waals surface area contributed by atoms with E-state index >= 15 is 0 Å². The number of fused-ring (bicyclic) bond motifs is 1. The molecule has 0 spiro atoms. The standard InChI is InChI=1S/C32H26ClN3O3/c1-19-12-14-22(15-13-19)32(38)39-27-11-7-4-8-23(27)18-34-36-31(37)30-28(24-9-5-6-10-26(24)33)25-17-20(2)16-21(3)29(25)35-30/h4-18,35H,1-3H3,(H,36,37). The fourth-order valence-corrected chi connectivity index (χ4v) is 4.74. The Labute approximate surface area is 231 Å². The van der Waals surface area contributed by atoms with Crippen molar-refractivity contribution >= 4 is 40.6 Å². The average Bonchev–Trinajstić information content (AvgIpc) is 3.30. The molecule has 1 heterocycles. The summed E-state index contributed by atoms with van der Waals surface area (Å²) in [5.74, 6) is -0.578. The van der Waals surface area contributed by atoms with Gasteiger partial charge in [0, 0.05) is 32.6 Å². The molecule has 1 amide bonds. The van der Waals surface area contributed by atoms with Gasteiger partial charge >= 0.3 is 5.97 Å². The molecule has 5 aromatic rings. The molecule has 0 atom stereocenters. The normalized spacial score (nSPS) is 11.2. The molecule has 4 aromatic carbocycles. The van der Waals surface area contributed by atoms with Crippen molar-refractivity contribution in [3.05, 3.63) is 123 Å². The zero-order chi connectivity index (χ0) is 27.5. The molecule has 0 bridgehead atoms. The molecular weight excluding hydrogens is 510 g/mol. The zero-order valence-corrected chi connectivity index (χ0v) is 22.5. The largest absolute Gasteiger partial charge is 0.422 e. The Morgan fingerprint density at radius 2 is 1.62 bits per heavy atom. The molecule has 0 saturated heterocycles. The molecule has 0 aliphatic rings. The maximum absolute atomic E-state index is 13.4. The molecule has 0 aliphatic heterocycles. The third-order valence-corrected chi connectivity index (χ3v) is 6.73. The molecule has 7 heteroatoms. The lowest BCUT2D eigenvalue weighted by atomic mass is 9.99. The van der Waals surface area contributed by atoms with Crippen LogP contribution in [-0.2, 0) is 0 Å². The fraction of sp³-hybridized carbons (Fsp3) is 0.0938. The Hall–Kier alpha value is -4.68. The number of hydrogen-bond acceptors (Lipinski definition) is 4. The first-order valence-electron chi connectivity index (χ1n) is 12.4. The van der Waals surface area contributed by atoms with Crippen LogP contribution in [0.5, 0.6) is 5.75 Å². The van der Waals surface area contributed by atoms with Gasteiger partial charge in [-0.2, -0.15) is 5.10 Å². The van der Waals surface area contributed by atoms with Gasteiger partial charge in [-0.3, -0.25) is 4.79 Å². The molecule has 0 saturated carbocycles. The maximum Gasteiger partial charge on any atom is 0.343 e. The minimum atomic E-state index is -0.479. The Balaban J connectivity index is 1.43. The predicted molar refractivity (Wildman–Crippen MR) is 156 cm³/mol. The molecule has 0 aliphatic carbocycles. The summed E-state index contributed by atoms with van der Waals surface area (Å²) < 4.78 is 5.60. The number of hydrazone groups is 1. The van der Waals surface area contributed by atoms with E-state index in [2.05, 4.69) is 21.6 Å². The number of rotatable bonds is 6. The van der Waals surface area contributed by atoms with Crippen molar-refractivity contribution in [1.82, 2.24) is 10.4 Å². The van der Waals surface area contributed by atoms with Crippen molar-refractivity contribution in [2.75, 3.05) is 0 Å². The number of aromatic amines is 1. The maximum atomic E-state index is 13.4. The quantitative estimate of drug-likeness (QED) is 0.103. The first-order valence-corrected chi connectivity index (χ1v) is 12.8. The summed E-state index contributed by atoms with van der Waals surface area (Å²) in [5, 5.41) is 5.62. The number of halogens is 1. The number of esters is 1. The number of aromatic nitrogens is 1. The van der Waals surface area contributed by atoms with Gasteiger partial charge in [0.2, 0.25) is 0 Å². The van der Waals surface area contributed by atoms with E-state index in [4.69, 9.17) is 16.3 Å². The van der Waals surface area contributed by atoms with Crippen molar-refractivity contribution in [1.29, 1.82) is 0 Å². The van der Waals surface area contributed by atoms with Gasteiger partial charge < -0.3 is 9.72 Å². The van der Waals surface area contributed by atoms with E-state index in [0.29, 0.717) is 33.2 Å². The smallest absolute Gasteiger partial charge is 0.343 e. The van der Waals surface area contributed by atoms with Crippen LogP contribution in [0.2, 0.25) is 5.02 Å². The molecular formula is C32H26ClN3O3. The lowest BCUT2D eigenvalue weighted by Gasteiger charge is -2.08. The highest BCUT2D eigenvalue weighted by molar-refractivity contribution is 6.34. The molecule has 5 rings (SSSR count). The summed E-state index contributed by atoms with van der Waals surface area (Å²) in [6.07, 6.45) is 1.45. The molecule has 0 unspecified atom stereocenters. The zero-order valence-electron chi connectivity index (χ0n) is 21.7. The van der Waals surface area contributed by atoms with Crippen molar-refractivity contribution in [2.24, 2.45) is 5.10 Å². The second-order valence-electron chi connectivity index (χ2n) is 9.35. The molecule has 6 nitrogen and oxygen atoms in total. The second-order valence-corrected chi connectivity index (χ2v) is 9.76. The van der Waals surface area contributed by atoms with E-state index in [1.807, 2.05) is 57.2 Å². The van der Waals surface area contributed by atoms with E-state index in [9.17, 15) is 9.59 Å². The van der Waals surface area contributed by atoms with Gasteiger partial charge in [-0.15, -0.1) is 0 Å². The first-order chi connectivity index (χ1) is 18.8. The Bertz CT molecular complexity index is 1740. The van der Waals surface area contributed by atoms with Gasteiger partial charge in [-0.05, 0) is 62.7 Å². The topological polar surface area (TPSA) is 83.5 Å². The van der Waals surface area contributed by atoms with Crippen molar-refractivity contribution in [2.45, 2.75) is 20.8 Å². The number of ether oxygens (including phenoxy) is 1. The minimum Gasteiger partial charge on any atom is -0.422 e. The summed E-state index contributed by atoms with van der Waals surface area (Å²) >= 11 is 6.55. The van der Waals surface area contributed by atoms with Gasteiger partial charge in [0.25, 0.3) is 5.91 Å². The summed E-state index contributed by atoms with van der Waals surface area (Å²) in [6, 6.07) is 25.6. The van der Waals surface area contributed by atoms with E-state index in [1.165, 1.54) is 6.21 Å². The third kappa shape index (κ3) is 5.47. The molecule has 39 heavy (non-hydrogen) atoms. The van der Waals surface area contributed by atoms with Crippen LogP contribution in [0, 0.1) is 20.8 Å². The number of benzene rings is 4. The average molecular weight is 536 g/mol. The summed E-state index contributed by atoms with van der Waals surface area (Å²) in [6.45, 7) is 5.96. The van der Waals surface area contributed by atoms with Gasteiger partial charge in [-0.1, -0.05) is 71.3 Å². The lowest BCUT2D eigenvalue weighted by molar-refractivity contribution is 0.0734. The molecule has 0 fully saturated rings. The van der Waals surface area contributed by atoms with Crippen molar-refractivity contribution in [3.8, 4) is 16.9 Å². The second kappa shape index (κ2) is 11.0. The van der Waals surface area contributed by atoms with Crippen LogP contribution in [0.3, 0.4) is 0 Å². The number of aryl methyl sites for hydroxylation is 3. The SMILES string of the molecule is Cc1ccc(C(=O)Oc2ccccc2C=NNC(=O)c2[nH]c3c(C)cc(C)cc3c2-c2ccccc2Cl)cc1. The van der Waals surface area contributed by atoms with Crippen LogP contribution in [-0.4, -0.2) is 23.1 Å². The van der Waals surface area contributed by atoms with E-state index in [0.717, 1.165) is 33.2 Å². The van der Waals surface area contributed by atoms with Crippen LogP contribution in [0.25, 0.3) is 22.0 Å². The monoisotopic (exact) mass is 535 g/mol. The van der Waals surface area contributed by atoms with Crippen LogP contribution in [0.1, 0.15) is 43.1 Å². The van der Waals surface area contributed by atoms with Crippen molar-refractivity contribution < 1.29 is 14.3 Å². The number of hydrogen-bond donors (Lipinski definition) is 2. The van der Waals surface area contributed by atoms with Crippen LogP contribution in [0.4, 0.5) is 0 Å². The molecule has 194 valence electrons. The Kier molecular flexibility index (Phi) is 7.30. The van der Waals surface area contributed by atoms with Crippen LogP contribution < -0.4 is 10.2 Å². The van der Waals surface area contributed by atoms with E-state index in [1.54, 1.807) is 42.5 Å². The summed E-state index contributed by atoms with van der Waals surface area (Å²) in [4.78, 5) is 29.3. The molecule has 0 radical (unpaired) electrons. The van der Waals surface area contributed by atoms with Crippen LogP contribution >= 0.6 is 11.6 Å². The minimum absolute atomic E-state index is 0.328. The molecule has 1 aromatic heterocycles. The first kappa shape index (κ1) is 25.9. The predicted octanol–water partition coefficient (Wildman–Crippen LogP) is 7.40. The summed E-state index contributed by atoms with van der Waals surface area (Å²) in [5.41, 5.74) is 9.40. The highest BCUT2D eigenvalue weighted by Crippen LogP contribution is 2.38. The Morgan fingerprint density at radius 3 is 2.38 bits per heavy atom. The van der Waals surface area contributed by atoms with Gasteiger partial charge in [0.15, 0.2) is 0 Å². The number of carbonyl (C=O) groups excluding carboxylic acids is 2. The number of carbonyl (C=O) groups is 2. The van der Waals surface area contributed by atoms with Crippen molar-refractivity contribution in [3.63, 3.8) is 0 Å². The van der Waals surface area contributed by atoms with Gasteiger partial charge in [0.1, 0.15) is 11.4 Å². The number of amides is 1. The van der Waals surface area contributed by atoms with E-state index in [-0.39, 0.29) is 0 Å². The van der Waals surface area contributed by atoms with Crippen LogP contribution in [0.15, 0.2) is 90.0 Å². The van der Waals surface area contributed by atoms with Gasteiger partial charge in [0.05, 0.1) is 11.8 Å². The highest BCUT2D eigenvalue weighted by atomic mass is 35.5. The fourth-order valence-electron chi connectivity index (χ4n) is 4.51. The Morgan fingerprint density at radius 1 is 0.897 bits per heavy atom. The third-order valence-electron chi connectivity index (χ3n) is 6.40. The highest BCUT2D eigenvalue weighted by Gasteiger charge is 2.22. The summed E-state index contributed by atoms with van der Waals surface area (Å²) in [7, 11) is 0. The molecule has 2 N–H and O–H groups in total. The van der Waals surface area contributed by atoms with Gasteiger partial charge in [-0.25, -0.2) is 10.2 Å². The lowest BCUT2D eigenvalue weighted by Crippen LogP contribution is -2.19. The van der Waals surface area contributed by atoms with E-state index < -0.39 is 11.9 Å². The number of nitrogens with zero attached hydrogens (tertiary/aromatic N) is 1. The number of H-pyrrole nitrogens is 1. The number of para-hydroxylation sites is 1.